The number of hydrogen-bond acceptors (Lipinski definition) is 9. The minimum atomic E-state index is -1.24. The van der Waals surface area contributed by atoms with Crippen molar-refractivity contribution in [2.75, 3.05) is 0 Å². The molecule has 9 heteroatoms. The second kappa shape index (κ2) is 11.4. The topological polar surface area (TPSA) is 135 Å². The summed E-state index contributed by atoms with van der Waals surface area (Å²) in [5.74, 6) is -1.59. The van der Waals surface area contributed by atoms with Gasteiger partial charge in [0.2, 0.25) is 0 Å². The number of aliphatic hydroxyl groups excluding tert-OH is 2. The third-order valence-corrected chi connectivity index (χ3v) is 8.92. The second-order valence-electron chi connectivity index (χ2n) is 11.3. The van der Waals surface area contributed by atoms with Gasteiger partial charge in [0.1, 0.15) is 16.9 Å². The Hall–Kier alpha value is -1.65. The molecule has 2 aliphatic rings. The van der Waals surface area contributed by atoms with E-state index in [0.717, 1.165) is 35.5 Å². The molecule has 36 heavy (non-hydrogen) atoms. The van der Waals surface area contributed by atoms with Crippen LogP contribution in [0.5, 0.6) is 0 Å². The zero-order chi connectivity index (χ0) is 26.8. The van der Waals surface area contributed by atoms with Crippen molar-refractivity contribution >= 4 is 29.2 Å². The van der Waals surface area contributed by atoms with Gasteiger partial charge in [-0.15, -0.1) is 11.3 Å². The van der Waals surface area contributed by atoms with Crippen LogP contribution in [0.2, 0.25) is 0 Å². The average molecular weight is 523 g/mol. The number of cyclic esters (lactones) is 1. The van der Waals surface area contributed by atoms with Crippen molar-refractivity contribution in [2.24, 2.45) is 23.0 Å². The Labute approximate surface area is 218 Å². The van der Waals surface area contributed by atoms with Gasteiger partial charge in [-0.25, -0.2) is 4.98 Å². The highest BCUT2D eigenvalue weighted by atomic mass is 32.1. The van der Waals surface area contributed by atoms with Gasteiger partial charge < -0.3 is 25.4 Å². The molecule has 0 spiro atoms. The number of thiazole rings is 1. The standard InChI is InChI=1S/C27H42N2O6S/c1-15-8-7-9-27(6)21(35-27)11-19(16(2)10-18-14-36-22(13-28)29-18)34-23(31)12-20(30)26(4,5)25(33)17(3)24(15)32/h10,14-15,17,19-21,24,30,32H,7-9,11-13,28H2,1-6H3/b16-10+/t15-,17+,19?,20-,21?,24-,27+/m0/s1. The Morgan fingerprint density at radius 1 is 1.28 bits per heavy atom. The van der Waals surface area contributed by atoms with Crippen LogP contribution in [-0.2, 0) is 25.6 Å². The summed E-state index contributed by atoms with van der Waals surface area (Å²) in [7, 11) is 0. The molecule has 2 saturated heterocycles. The summed E-state index contributed by atoms with van der Waals surface area (Å²) in [5.41, 5.74) is 5.74. The maximum atomic E-state index is 13.2. The lowest BCUT2D eigenvalue weighted by molar-refractivity contribution is -0.154. The van der Waals surface area contributed by atoms with Crippen molar-refractivity contribution in [1.29, 1.82) is 0 Å². The lowest BCUT2D eigenvalue weighted by Gasteiger charge is -2.34. The first-order valence-electron chi connectivity index (χ1n) is 12.9. The van der Waals surface area contributed by atoms with Crippen LogP contribution in [0.15, 0.2) is 11.0 Å². The molecule has 0 aliphatic carbocycles. The Morgan fingerprint density at radius 2 is 1.97 bits per heavy atom. The molecule has 0 radical (unpaired) electrons. The first kappa shape index (κ1) is 28.9. The number of Topliss-reactive ketones (excluding diaryl/α,β-unsaturated/α-hetero) is 1. The molecule has 0 amide bonds. The molecule has 0 aromatic carbocycles. The van der Waals surface area contributed by atoms with Gasteiger partial charge in [0.05, 0.1) is 41.4 Å². The molecule has 1 aromatic heterocycles. The van der Waals surface area contributed by atoms with E-state index < -0.39 is 35.6 Å². The summed E-state index contributed by atoms with van der Waals surface area (Å²) in [6.07, 6.45) is 1.80. The summed E-state index contributed by atoms with van der Waals surface area (Å²) in [5, 5.41) is 24.5. The summed E-state index contributed by atoms with van der Waals surface area (Å²) in [6, 6.07) is 0. The number of carbonyl (C=O) groups is 2. The highest BCUT2D eigenvalue weighted by molar-refractivity contribution is 7.09. The van der Waals surface area contributed by atoms with Crippen LogP contribution in [0.3, 0.4) is 0 Å². The number of epoxide rings is 1. The molecule has 7 atom stereocenters. The van der Waals surface area contributed by atoms with Crippen LogP contribution < -0.4 is 5.73 Å². The number of hydrogen-bond donors (Lipinski definition) is 3. The number of carbonyl (C=O) groups excluding carboxylic acids is 2. The van der Waals surface area contributed by atoms with Gasteiger partial charge in [-0.1, -0.05) is 34.1 Å². The summed E-state index contributed by atoms with van der Waals surface area (Å²) in [4.78, 5) is 30.7. The van der Waals surface area contributed by atoms with E-state index in [1.165, 1.54) is 11.3 Å². The number of ketones is 1. The first-order valence-corrected chi connectivity index (χ1v) is 13.8. The number of nitrogens with zero attached hydrogens (tertiary/aromatic N) is 1. The van der Waals surface area contributed by atoms with Gasteiger partial charge in [-0.2, -0.15) is 0 Å². The lowest BCUT2D eigenvalue weighted by Crippen LogP contribution is -2.45. The maximum Gasteiger partial charge on any atom is 0.309 e. The number of ether oxygens (including phenoxy) is 2. The van der Waals surface area contributed by atoms with Crippen molar-refractivity contribution in [1.82, 2.24) is 4.98 Å². The smallest absolute Gasteiger partial charge is 0.309 e. The van der Waals surface area contributed by atoms with Gasteiger partial charge in [0, 0.05) is 24.3 Å². The SMILES string of the molecule is C/C(=C\c1csc(CN)n1)C1CC2O[C@]2(C)CCC[C@H](C)[C@H](O)[C@@H](C)C(=O)C(C)(C)[C@@H](O)CC(=O)O1. The average Bonchev–Trinajstić information content (AvgIpc) is 3.23. The maximum absolute atomic E-state index is 13.2. The molecule has 3 rings (SSSR count). The zero-order valence-electron chi connectivity index (χ0n) is 22.3. The van der Waals surface area contributed by atoms with E-state index in [-0.39, 0.29) is 29.8 Å². The van der Waals surface area contributed by atoms with E-state index in [1.807, 2.05) is 25.3 Å². The third-order valence-electron chi connectivity index (χ3n) is 8.03. The van der Waals surface area contributed by atoms with Gasteiger partial charge in [-0.05, 0) is 44.3 Å². The number of esters is 1. The van der Waals surface area contributed by atoms with Crippen molar-refractivity contribution in [3.8, 4) is 0 Å². The van der Waals surface area contributed by atoms with Crippen LogP contribution in [-0.4, -0.2) is 57.0 Å². The van der Waals surface area contributed by atoms with Crippen LogP contribution in [0.25, 0.3) is 6.08 Å². The van der Waals surface area contributed by atoms with Crippen molar-refractivity contribution in [3.05, 3.63) is 21.7 Å². The monoisotopic (exact) mass is 522 g/mol. The van der Waals surface area contributed by atoms with Crippen LogP contribution in [0.4, 0.5) is 0 Å². The fourth-order valence-corrected chi connectivity index (χ4v) is 5.74. The summed E-state index contributed by atoms with van der Waals surface area (Å²) >= 11 is 1.48. The molecule has 1 aromatic rings. The fourth-order valence-electron chi connectivity index (χ4n) is 5.11. The van der Waals surface area contributed by atoms with Crippen LogP contribution in [0.1, 0.15) is 84.3 Å². The minimum absolute atomic E-state index is 0.0660. The largest absolute Gasteiger partial charge is 0.458 e. The molecule has 0 bridgehead atoms. The third kappa shape index (κ3) is 6.61. The van der Waals surface area contributed by atoms with E-state index in [2.05, 4.69) is 11.9 Å². The van der Waals surface area contributed by atoms with E-state index >= 15 is 0 Å². The van der Waals surface area contributed by atoms with Gasteiger partial charge in [0.15, 0.2) is 0 Å². The normalized spacial score (nSPS) is 36.8. The molecule has 2 fully saturated rings. The van der Waals surface area contributed by atoms with Crippen LogP contribution >= 0.6 is 11.3 Å². The Morgan fingerprint density at radius 3 is 2.61 bits per heavy atom. The summed E-state index contributed by atoms with van der Waals surface area (Å²) < 4.78 is 11.9. The molecular formula is C27H42N2O6S. The highest BCUT2D eigenvalue weighted by Crippen LogP contribution is 2.45. The Bertz CT molecular complexity index is 975. The zero-order valence-corrected chi connectivity index (χ0v) is 23.1. The van der Waals surface area contributed by atoms with E-state index in [1.54, 1.807) is 20.8 Å². The molecule has 2 aliphatic heterocycles. The van der Waals surface area contributed by atoms with Crippen molar-refractivity contribution in [2.45, 2.75) is 110 Å². The predicted molar refractivity (Wildman–Crippen MR) is 139 cm³/mol. The number of aliphatic hydroxyl groups is 2. The van der Waals surface area contributed by atoms with E-state index in [0.29, 0.717) is 13.0 Å². The molecular weight excluding hydrogens is 480 g/mol. The van der Waals surface area contributed by atoms with Gasteiger partial charge >= 0.3 is 5.97 Å². The summed E-state index contributed by atoms with van der Waals surface area (Å²) in [6.45, 7) is 11.2. The van der Waals surface area contributed by atoms with E-state index in [4.69, 9.17) is 15.2 Å². The van der Waals surface area contributed by atoms with Gasteiger partial charge in [0.25, 0.3) is 0 Å². The highest BCUT2D eigenvalue weighted by Gasteiger charge is 2.53. The lowest BCUT2D eigenvalue weighted by atomic mass is 9.73. The van der Waals surface area contributed by atoms with Crippen molar-refractivity contribution in [3.63, 3.8) is 0 Å². The quantitative estimate of drug-likeness (QED) is 0.405. The fraction of sp³-hybridized carbons (Fsp3) is 0.741. The van der Waals surface area contributed by atoms with Crippen LogP contribution in [0, 0.1) is 17.3 Å². The Kier molecular flexibility index (Phi) is 9.15. The molecule has 8 nitrogen and oxygen atoms in total. The number of rotatable bonds is 3. The van der Waals surface area contributed by atoms with Gasteiger partial charge in [-0.3, -0.25) is 9.59 Å². The van der Waals surface area contributed by atoms with Crippen molar-refractivity contribution < 1.29 is 29.3 Å². The second-order valence-corrected chi connectivity index (χ2v) is 12.3. The molecule has 2 unspecified atom stereocenters. The predicted octanol–water partition coefficient (Wildman–Crippen LogP) is 3.63. The number of aromatic nitrogens is 1. The molecule has 4 N–H and O–H groups in total. The van der Waals surface area contributed by atoms with E-state index in [9.17, 15) is 19.8 Å². The Balaban J connectivity index is 1.85. The first-order chi connectivity index (χ1) is 16.8. The molecule has 202 valence electrons. The molecule has 3 heterocycles. The molecule has 0 saturated carbocycles. The number of nitrogens with two attached hydrogens (primary N) is 1. The minimum Gasteiger partial charge on any atom is -0.458 e. The number of fused-ring (bicyclic) bond motifs is 1.